The van der Waals surface area contributed by atoms with Crippen molar-refractivity contribution in [2.45, 2.75) is 45.7 Å². The van der Waals surface area contributed by atoms with Crippen molar-refractivity contribution in [2.75, 3.05) is 18.5 Å². The Bertz CT molecular complexity index is 1440. The van der Waals surface area contributed by atoms with Crippen molar-refractivity contribution in [1.29, 1.82) is 0 Å². The topological polar surface area (TPSA) is 93.1 Å². The molecule has 2 aromatic carbocycles. The smallest absolute Gasteiger partial charge is 0.277 e. The Kier molecular flexibility index (Phi) is 8.85. The number of unbranched alkanes of at least 4 members (excludes halogenated alkanes) is 1. The molecule has 1 amide bonds. The average Bonchev–Trinajstić information content (AvgIpc) is 3.67. The molecule has 4 aromatic rings. The Balaban J connectivity index is 1.32. The number of rotatable bonds is 13. The van der Waals surface area contributed by atoms with E-state index in [9.17, 15) is 4.79 Å². The van der Waals surface area contributed by atoms with Gasteiger partial charge in [-0.3, -0.25) is 14.6 Å². The largest absolute Gasteiger partial charge is 0.352 e. The summed E-state index contributed by atoms with van der Waals surface area (Å²) in [6.07, 6.45) is 7.42. The molecule has 204 valence electrons. The minimum atomic E-state index is -0.571. The molecule has 1 saturated carbocycles. The van der Waals surface area contributed by atoms with Crippen LogP contribution < -0.4 is 16.1 Å². The summed E-state index contributed by atoms with van der Waals surface area (Å²) in [4.78, 5) is 27.3. The lowest BCUT2D eigenvalue weighted by molar-refractivity contribution is 0.0271. The second-order valence-electron chi connectivity index (χ2n) is 9.89. The third-order valence-electron chi connectivity index (χ3n) is 6.76. The number of pyridine rings is 1. The average molecular weight is 596 g/mol. The SMILES string of the molecule is Cc1cc(Br)ccc1Nc1c(C(=O)NOCC2CC2)cc2c(ncn2CCCCNCc2ccccn2)c1F. The summed E-state index contributed by atoms with van der Waals surface area (Å²) >= 11 is 3.46. The zero-order chi connectivity index (χ0) is 27.2. The number of benzene rings is 2. The van der Waals surface area contributed by atoms with Gasteiger partial charge in [0.1, 0.15) is 5.52 Å². The fourth-order valence-electron chi connectivity index (χ4n) is 4.36. The number of carbonyl (C=O) groups excluding carboxylic acids is 1. The molecule has 3 N–H and O–H groups in total. The van der Waals surface area contributed by atoms with Crippen LogP contribution in [0.1, 0.15) is 47.3 Å². The molecule has 1 fully saturated rings. The summed E-state index contributed by atoms with van der Waals surface area (Å²) in [6.45, 7) is 4.58. The highest BCUT2D eigenvalue weighted by Gasteiger charge is 2.25. The Morgan fingerprint density at radius 1 is 1.18 bits per heavy atom. The number of hydroxylamine groups is 1. The van der Waals surface area contributed by atoms with E-state index in [1.54, 1.807) is 18.6 Å². The highest BCUT2D eigenvalue weighted by Crippen LogP contribution is 2.33. The van der Waals surface area contributed by atoms with Crippen LogP contribution in [0, 0.1) is 18.7 Å². The molecule has 1 aliphatic carbocycles. The lowest BCUT2D eigenvalue weighted by atomic mass is 10.1. The molecule has 8 nitrogen and oxygen atoms in total. The third kappa shape index (κ3) is 7.00. The molecule has 1 aliphatic rings. The van der Waals surface area contributed by atoms with Gasteiger partial charge in [-0.25, -0.2) is 14.9 Å². The van der Waals surface area contributed by atoms with Gasteiger partial charge in [-0.2, -0.15) is 0 Å². The molecule has 39 heavy (non-hydrogen) atoms. The zero-order valence-corrected chi connectivity index (χ0v) is 23.4. The van der Waals surface area contributed by atoms with Gasteiger partial charge < -0.3 is 15.2 Å². The maximum atomic E-state index is 15.9. The van der Waals surface area contributed by atoms with Crippen LogP contribution in [0.2, 0.25) is 0 Å². The van der Waals surface area contributed by atoms with Gasteiger partial charge in [0.2, 0.25) is 0 Å². The van der Waals surface area contributed by atoms with Gasteiger partial charge in [0.25, 0.3) is 5.91 Å². The first-order valence-electron chi connectivity index (χ1n) is 13.2. The maximum absolute atomic E-state index is 15.9. The van der Waals surface area contributed by atoms with Gasteiger partial charge in [0.15, 0.2) is 5.82 Å². The second-order valence-corrected chi connectivity index (χ2v) is 10.8. The van der Waals surface area contributed by atoms with Gasteiger partial charge in [-0.1, -0.05) is 22.0 Å². The fraction of sp³-hybridized carbons (Fsp3) is 0.345. The van der Waals surface area contributed by atoms with Crippen LogP contribution in [0.5, 0.6) is 0 Å². The van der Waals surface area contributed by atoms with E-state index in [-0.39, 0.29) is 16.8 Å². The molecule has 0 bridgehead atoms. The summed E-state index contributed by atoms with van der Waals surface area (Å²) in [5.74, 6) is -0.592. The van der Waals surface area contributed by atoms with Crippen LogP contribution in [-0.4, -0.2) is 33.6 Å². The molecule has 0 atom stereocenters. The summed E-state index contributed by atoms with van der Waals surface area (Å²) in [5, 5.41) is 6.53. The minimum absolute atomic E-state index is 0.0735. The predicted molar refractivity (Wildman–Crippen MR) is 153 cm³/mol. The van der Waals surface area contributed by atoms with Crippen molar-refractivity contribution < 1.29 is 14.0 Å². The lowest BCUT2D eigenvalue weighted by Crippen LogP contribution is -2.26. The highest BCUT2D eigenvalue weighted by molar-refractivity contribution is 9.10. The molecule has 0 spiro atoms. The van der Waals surface area contributed by atoms with Crippen molar-refractivity contribution in [3.8, 4) is 0 Å². The number of fused-ring (bicyclic) bond motifs is 1. The first-order chi connectivity index (χ1) is 19.0. The van der Waals surface area contributed by atoms with Crippen LogP contribution in [-0.2, 0) is 17.9 Å². The Hall–Kier alpha value is -3.34. The Labute approximate surface area is 235 Å². The monoisotopic (exact) mass is 594 g/mol. The predicted octanol–water partition coefficient (Wildman–Crippen LogP) is 6.03. The van der Waals surface area contributed by atoms with Crippen LogP contribution >= 0.6 is 15.9 Å². The van der Waals surface area contributed by atoms with Crippen molar-refractivity contribution >= 4 is 44.2 Å². The summed E-state index contributed by atoms with van der Waals surface area (Å²) < 4.78 is 18.7. The van der Waals surface area contributed by atoms with Crippen LogP contribution in [0.3, 0.4) is 0 Å². The van der Waals surface area contributed by atoms with Gasteiger partial charge in [-0.05, 0) is 87.0 Å². The summed E-state index contributed by atoms with van der Waals surface area (Å²) in [7, 11) is 0. The van der Waals surface area contributed by atoms with Gasteiger partial charge in [-0.15, -0.1) is 0 Å². The number of hydrogen-bond donors (Lipinski definition) is 3. The number of carbonyl (C=O) groups is 1. The van der Waals surface area contributed by atoms with E-state index in [1.165, 1.54) is 0 Å². The molecule has 10 heteroatoms. The number of nitrogens with zero attached hydrogens (tertiary/aromatic N) is 3. The highest BCUT2D eigenvalue weighted by atomic mass is 79.9. The summed E-state index contributed by atoms with van der Waals surface area (Å²) in [6, 6.07) is 13.2. The van der Waals surface area contributed by atoms with E-state index in [0.717, 1.165) is 54.5 Å². The number of halogens is 2. The fourth-order valence-corrected chi connectivity index (χ4v) is 4.83. The number of imidazole rings is 1. The minimum Gasteiger partial charge on any atom is -0.352 e. The van der Waals surface area contributed by atoms with Crippen molar-refractivity contribution in [3.63, 3.8) is 0 Å². The normalized spacial score (nSPS) is 13.1. The summed E-state index contributed by atoms with van der Waals surface area (Å²) in [5.41, 5.74) is 6.14. The Morgan fingerprint density at radius 3 is 2.82 bits per heavy atom. The molecule has 0 aliphatic heterocycles. The van der Waals surface area contributed by atoms with Gasteiger partial charge >= 0.3 is 0 Å². The number of hydrogen-bond acceptors (Lipinski definition) is 6. The van der Waals surface area contributed by atoms with Crippen molar-refractivity contribution in [3.05, 3.63) is 82.1 Å². The lowest BCUT2D eigenvalue weighted by Gasteiger charge is -2.16. The van der Waals surface area contributed by atoms with Crippen molar-refractivity contribution in [2.24, 2.45) is 5.92 Å². The Morgan fingerprint density at radius 2 is 2.05 bits per heavy atom. The van der Waals surface area contributed by atoms with E-state index in [4.69, 9.17) is 4.84 Å². The first kappa shape index (κ1) is 27.2. The van der Waals surface area contributed by atoms with Gasteiger partial charge in [0.05, 0.1) is 35.4 Å². The molecular formula is C29H32BrFN6O2. The van der Waals surface area contributed by atoms with E-state index in [2.05, 4.69) is 42.0 Å². The number of amides is 1. The van der Waals surface area contributed by atoms with Gasteiger partial charge in [0, 0.05) is 29.4 Å². The molecule has 0 saturated heterocycles. The first-order valence-corrected chi connectivity index (χ1v) is 14.0. The molecular weight excluding hydrogens is 563 g/mol. The molecule has 2 heterocycles. The second kappa shape index (κ2) is 12.7. The third-order valence-corrected chi connectivity index (χ3v) is 7.26. The number of nitrogens with one attached hydrogen (secondary N) is 3. The standard InChI is InChI=1S/C29H32BrFN6O2/c1-19-14-21(30)9-10-24(19)35-27-23(29(38)36-39-17-20-7-8-20)15-25-28(26(27)31)34-18-37(25)13-5-4-11-32-16-22-6-2-3-12-33-22/h2-3,6,9-10,12,14-15,18,20,32,35H,4-5,7-8,11,13,16-17H2,1H3,(H,36,38). The van der Waals surface area contributed by atoms with Crippen LogP contribution in [0.4, 0.5) is 15.8 Å². The quantitative estimate of drug-likeness (QED) is 0.129. The van der Waals surface area contributed by atoms with E-state index < -0.39 is 11.7 Å². The van der Waals surface area contributed by atoms with E-state index in [1.807, 2.05) is 47.9 Å². The molecule has 0 unspecified atom stereocenters. The van der Waals surface area contributed by atoms with E-state index in [0.29, 0.717) is 30.3 Å². The number of anilines is 2. The molecule has 2 aromatic heterocycles. The molecule has 5 rings (SSSR count). The van der Waals surface area contributed by atoms with Crippen LogP contribution in [0.25, 0.3) is 11.0 Å². The number of aromatic nitrogens is 3. The zero-order valence-electron chi connectivity index (χ0n) is 21.8. The maximum Gasteiger partial charge on any atom is 0.277 e. The van der Waals surface area contributed by atoms with Crippen molar-refractivity contribution in [1.82, 2.24) is 25.3 Å². The van der Waals surface area contributed by atoms with Crippen LogP contribution in [0.15, 0.2) is 59.5 Å². The number of aryl methyl sites for hydroxylation is 2. The van der Waals surface area contributed by atoms with E-state index >= 15 is 4.39 Å². The molecule has 0 radical (unpaired) electrons.